The van der Waals surface area contributed by atoms with Crippen molar-refractivity contribution in [1.29, 1.82) is 0 Å². The van der Waals surface area contributed by atoms with E-state index in [1.165, 1.54) is 11.0 Å². The van der Waals surface area contributed by atoms with Gasteiger partial charge in [-0.2, -0.15) is 5.10 Å². The molecule has 1 saturated carbocycles. The monoisotopic (exact) mass is 296 g/mol. The summed E-state index contributed by atoms with van der Waals surface area (Å²) in [5.74, 6) is 1.95. The highest BCUT2D eigenvalue weighted by molar-refractivity contribution is 5.86. The number of nitrogens with zero attached hydrogens (tertiary/aromatic N) is 4. The molecule has 0 atom stereocenters. The summed E-state index contributed by atoms with van der Waals surface area (Å²) in [5.41, 5.74) is 2.18. The van der Waals surface area contributed by atoms with Crippen molar-refractivity contribution in [3.63, 3.8) is 0 Å². The molecule has 22 heavy (non-hydrogen) atoms. The summed E-state index contributed by atoms with van der Waals surface area (Å²) in [6.45, 7) is 0. The number of nitrogens with one attached hydrogen (secondary N) is 2. The van der Waals surface area contributed by atoms with E-state index in [2.05, 4.69) is 25.5 Å². The number of pyridine rings is 1. The highest BCUT2D eigenvalue weighted by Crippen LogP contribution is 2.36. The molecule has 0 radical (unpaired) electrons. The number of hydrogen-bond acceptors (Lipinski definition) is 5. The number of anilines is 2. The summed E-state index contributed by atoms with van der Waals surface area (Å²) < 4.78 is 1.52. The number of rotatable bonds is 3. The first-order valence-corrected chi connectivity index (χ1v) is 7.35. The van der Waals surface area contributed by atoms with Gasteiger partial charge in [0.05, 0.1) is 6.20 Å². The van der Waals surface area contributed by atoms with Gasteiger partial charge < -0.3 is 9.88 Å². The molecule has 112 valence electrons. The molecule has 0 saturated heterocycles. The van der Waals surface area contributed by atoms with E-state index in [1.807, 2.05) is 6.07 Å². The van der Waals surface area contributed by atoms with Crippen LogP contribution in [-0.2, 0) is 7.05 Å². The summed E-state index contributed by atoms with van der Waals surface area (Å²) in [6, 6.07) is 3.39. The molecule has 3 aromatic heterocycles. The lowest BCUT2D eigenvalue weighted by Gasteiger charge is -2.24. The molecule has 0 aromatic carbocycles. The summed E-state index contributed by atoms with van der Waals surface area (Å²) in [4.78, 5) is 21.0. The molecular formula is C15H16N6O. The van der Waals surface area contributed by atoms with E-state index in [-0.39, 0.29) is 5.56 Å². The predicted octanol–water partition coefficient (Wildman–Crippen LogP) is 2.06. The minimum absolute atomic E-state index is 0.0703. The molecule has 7 heteroatoms. The first-order valence-electron chi connectivity index (χ1n) is 7.35. The summed E-state index contributed by atoms with van der Waals surface area (Å²) in [7, 11) is 1.72. The van der Waals surface area contributed by atoms with Gasteiger partial charge >= 0.3 is 0 Å². The Bertz CT molecular complexity index is 892. The van der Waals surface area contributed by atoms with Gasteiger partial charge in [-0.3, -0.25) is 9.89 Å². The normalized spacial score (nSPS) is 15.0. The quantitative estimate of drug-likeness (QED) is 0.772. The minimum Gasteiger partial charge on any atom is -0.338 e. The van der Waals surface area contributed by atoms with Crippen molar-refractivity contribution in [2.45, 2.75) is 25.2 Å². The molecule has 7 nitrogen and oxygen atoms in total. The number of aromatic amines is 1. The third-order valence-corrected chi connectivity index (χ3v) is 4.15. The van der Waals surface area contributed by atoms with E-state index in [0.717, 1.165) is 29.7 Å². The Labute approximate surface area is 126 Å². The van der Waals surface area contributed by atoms with Gasteiger partial charge in [0.2, 0.25) is 0 Å². The summed E-state index contributed by atoms with van der Waals surface area (Å²) in [6.07, 6.45) is 6.93. The number of hydrogen-bond donors (Lipinski definition) is 2. The van der Waals surface area contributed by atoms with Crippen LogP contribution in [0.5, 0.6) is 0 Å². The van der Waals surface area contributed by atoms with E-state index in [1.54, 1.807) is 25.5 Å². The van der Waals surface area contributed by atoms with Crippen molar-refractivity contribution >= 4 is 22.5 Å². The number of aromatic nitrogens is 5. The molecule has 1 fully saturated rings. The minimum atomic E-state index is -0.0703. The summed E-state index contributed by atoms with van der Waals surface area (Å²) >= 11 is 0. The molecule has 3 aromatic rings. The van der Waals surface area contributed by atoms with Gasteiger partial charge in [0, 0.05) is 30.9 Å². The fraction of sp³-hybridized carbons (Fsp3) is 0.333. The molecule has 4 rings (SSSR count). The molecule has 3 heterocycles. The SMILES string of the molecule is Cn1ccc(Nc2nc(C3CCC3)nc3cn[nH]c23)cc1=O. The van der Waals surface area contributed by atoms with Crippen LogP contribution in [-0.4, -0.2) is 24.7 Å². The average Bonchev–Trinajstić information content (AvgIpc) is 2.90. The number of fused-ring (bicyclic) bond motifs is 1. The van der Waals surface area contributed by atoms with Gasteiger partial charge in [-0.05, 0) is 18.9 Å². The Hall–Kier alpha value is -2.70. The van der Waals surface area contributed by atoms with Gasteiger partial charge in [-0.25, -0.2) is 9.97 Å². The van der Waals surface area contributed by atoms with Crippen molar-refractivity contribution in [3.05, 3.63) is 40.7 Å². The zero-order valence-electron chi connectivity index (χ0n) is 12.2. The van der Waals surface area contributed by atoms with E-state index in [4.69, 9.17) is 0 Å². The van der Waals surface area contributed by atoms with Crippen molar-refractivity contribution in [1.82, 2.24) is 24.7 Å². The van der Waals surface area contributed by atoms with Crippen LogP contribution in [0.2, 0.25) is 0 Å². The Kier molecular flexibility index (Phi) is 2.92. The fourth-order valence-electron chi connectivity index (χ4n) is 2.56. The second-order valence-electron chi connectivity index (χ2n) is 5.68. The van der Waals surface area contributed by atoms with Gasteiger partial charge in [-0.15, -0.1) is 0 Å². The Morgan fingerprint density at radius 2 is 2.23 bits per heavy atom. The van der Waals surface area contributed by atoms with E-state index >= 15 is 0 Å². The van der Waals surface area contributed by atoms with Crippen molar-refractivity contribution in [3.8, 4) is 0 Å². The lowest BCUT2D eigenvalue weighted by Crippen LogP contribution is -2.16. The van der Waals surface area contributed by atoms with Crippen LogP contribution in [0.4, 0.5) is 11.5 Å². The topological polar surface area (TPSA) is 88.5 Å². The highest BCUT2D eigenvalue weighted by atomic mass is 16.1. The number of aryl methyl sites for hydroxylation is 1. The van der Waals surface area contributed by atoms with Crippen LogP contribution in [0.1, 0.15) is 31.0 Å². The lowest BCUT2D eigenvalue weighted by atomic mass is 9.85. The Morgan fingerprint density at radius 1 is 1.36 bits per heavy atom. The van der Waals surface area contributed by atoms with Gasteiger partial charge in [-0.1, -0.05) is 6.42 Å². The van der Waals surface area contributed by atoms with E-state index in [0.29, 0.717) is 17.4 Å². The molecule has 0 spiro atoms. The van der Waals surface area contributed by atoms with E-state index in [9.17, 15) is 4.79 Å². The van der Waals surface area contributed by atoms with Crippen LogP contribution in [0, 0.1) is 0 Å². The van der Waals surface area contributed by atoms with Crippen molar-refractivity contribution in [2.75, 3.05) is 5.32 Å². The molecule has 0 amide bonds. The summed E-state index contributed by atoms with van der Waals surface area (Å²) in [5, 5.41) is 10.2. The second kappa shape index (κ2) is 4.94. The standard InChI is InChI=1S/C15H16N6O/c1-21-6-5-10(7-12(21)22)17-15-13-11(8-16-20-13)18-14(19-15)9-3-2-4-9/h5-9H,2-4H2,1H3,(H,16,20)(H,17,18,19). The maximum atomic E-state index is 11.7. The Balaban J connectivity index is 1.77. The largest absolute Gasteiger partial charge is 0.338 e. The molecule has 0 aliphatic heterocycles. The third-order valence-electron chi connectivity index (χ3n) is 4.15. The maximum Gasteiger partial charge on any atom is 0.252 e. The lowest BCUT2D eigenvalue weighted by molar-refractivity contribution is 0.403. The van der Waals surface area contributed by atoms with Crippen LogP contribution in [0.3, 0.4) is 0 Å². The maximum absolute atomic E-state index is 11.7. The van der Waals surface area contributed by atoms with Crippen LogP contribution >= 0.6 is 0 Å². The van der Waals surface area contributed by atoms with Crippen molar-refractivity contribution in [2.24, 2.45) is 7.05 Å². The molecule has 2 N–H and O–H groups in total. The molecule has 0 unspecified atom stereocenters. The first kappa shape index (κ1) is 13.0. The van der Waals surface area contributed by atoms with Crippen LogP contribution < -0.4 is 10.9 Å². The van der Waals surface area contributed by atoms with Gasteiger partial charge in [0.1, 0.15) is 16.9 Å². The Morgan fingerprint density at radius 3 is 2.95 bits per heavy atom. The zero-order chi connectivity index (χ0) is 15.1. The highest BCUT2D eigenvalue weighted by Gasteiger charge is 2.24. The van der Waals surface area contributed by atoms with Gasteiger partial charge in [0.25, 0.3) is 5.56 Å². The van der Waals surface area contributed by atoms with Crippen LogP contribution in [0.25, 0.3) is 11.0 Å². The van der Waals surface area contributed by atoms with Crippen molar-refractivity contribution < 1.29 is 0 Å². The molecule has 0 bridgehead atoms. The molecule has 1 aliphatic rings. The average molecular weight is 296 g/mol. The molecule has 1 aliphatic carbocycles. The predicted molar refractivity (Wildman–Crippen MR) is 83.2 cm³/mol. The van der Waals surface area contributed by atoms with Gasteiger partial charge in [0.15, 0.2) is 5.82 Å². The first-order chi connectivity index (χ1) is 10.7. The zero-order valence-corrected chi connectivity index (χ0v) is 12.2. The smallest absolute Gasteiger partial charge is 0.252 e. The second-order valence-corrected chi connectivity index (χ2v) is 5.68. The van der Waals surface area contributed by atoms with Crippen LogP contribution in [0.15, 0.2) is 29.3 Å². The van der Waals surface area contributed by atoms with E-state index < -0.39 is 0 Å². The number of H-pyrrole nitrogens is 1. The third kappa shape index (κ3) is 2.14. The fourth-order valence-corrected chi connectivity index (χ4v) is 2.56. The molecular weight excluding hydrogens is 280 g/mol.